The molecule has 23 heavy (non-hydrogen) atoms. The number of rotatable bonds is 5. The summed E-state index contributed by atoms with van der Waals surface area (Å²) in [6.45, 7) is 0. The van der Waals surface area contributed by atoms with Crippen molar-refractivity contribution in [1.29, 1.82) is 0 Å². The SMILES string of the molecule is N[C@@H](Cc1ccccc1)C(=O)Nc1cccc(C2SCCS2)c1. The predicted octanol–water partition coefficient (Wildman–Crippen LogP) is 3.67. The largest absolute Gasteiger partial charge is 0.325 e. The minimum absolute atomic E-state index is 0.141. The fourth-order valence-corrected chi connectivity index (χ4v) is 5.35. The van der Waals surface area contributed by atoms with Gasteiger partial charge in [-0.3, -0.25) is 4.79 Å². The molecule has 1 heterocycles. The monoisotopic (exact) mass is 344 g/mol. The molecule has 2 aromatic rings. The minimum Gasteiger partial charge on any atom is -0.325 e. The molecule has 0 saturated carbocycles. The zero-order valence-corrected chi connectivity index (χ0v) is 14.4. The van der Waals surface area contributed by atoms with Gasteiger partial charge in [-0.15, -0.1) is 23.5 Å². The van der Waals surface area contributed by atoms with Gasteiger partial charge < -0.3 is 11.1 Å². The molecule has 0 unspecified atom stereocenters. The summed E-state index contributed by atoms with van der Waals surface area (Å²) in [4.78, 5) is 12.3. The van der Waals surface area contributed by atoms with Crippen LogP contribution in [-0.4, -0.2) is 23.5 Å². The van der Waals surface area contributed by atoms with E-state index in [1.165, 1.54) is 17.1 Å². The highest BCUT2D eigenvalue weighted by atomic mass is 32.2. The lowest BCUT2D eigenvalue weighted by Crippen LogP contribution is -2.37. The van der Waals surface area contributed by atoms with Gasteiger partial charge in [0.15, 0.2) is 0 Å². The molecule has 1 aliphatic heterocycles. The molecule has 1 fully saturated rings. The molecule has 3 N–H and O–H groups in total. The number of hydrogen-bond donors (Lipinski definition) is 2. The minimum atomic E-state index is -0.545. The Morgan fingerprint density at radius 1 is 1.13 bits per heavy atom. The van der Waals surface area contributed by atoms with Crippen molar-refractivity contribution in [2.24, 2.45) is 5.73 Å². The third-order valence-corrected chi connectivity index (χ3v) is 6.79. The molecule has 1 atom stereocenters. The third kappa shape index (κ3) is 4.53. The Balaban J connectivity index is 1.62. The summed E-state index contributed by atoms with van der Waals surface area (Å²) in [5, 5.41) is 2.94. The molecule has 3 rings (SSSR count). The Bertz CT molecular complexity index is 657. The first-order chi connectivity index (χ1) is 11.2. The molecule has 3 nitrogen and oxygen atoms in total. The lowest BCUT2D eigenvalue weighted by atomic mass is 10.1. The number of anilines is 1. The maximum absolute atomic E-state index is 12.3. The molecule has 5 heteroatoms. The second-order valence-electron chi connectivity index (χ2n) is 5.48. The quantitative estimate of drug-likeness (QED) is 0.869. The average molecular weight is 345 g/mol. The number of thioether (sulfide) groups is 2. The van der Waals surface area contributed by atoms with Gasteiger partial charge in [-0.25, -0.2) is 0 Å². The molecule has 0 aliphatic carbocycles. The first-order valence-corrected chi connectivity index (χ1v) is 9.75. The van der Waals surface area contributed by atoms with Gasteiger partial charge in [0.1, 0.15) is 0 Å². The highest BCUT2D eigenvalue weighted by molar-refractivity contribution is 8.19. The molecule has 0 radical (unpaired) electrons. The lowest BCUT2D eigenvalue weighted by Gasteiger charge is -2.14. The van der Waals surface area contributed by atoms with Gasteiger partial charge in [-0.1, -0.05) is 42.5 Å². The molecular weight excluding hydrogens is 324 g/mol. The van der Waals surface area contributed by atoms with Crippen LogP contribution in [0.1, 0.15) is 15.7 Å². The third-order valence-electron chi connectivity index (χ3n) is 3.68. The zero-order chi connectivity index (χ0) is 16.1. The van der Waals surface area contributed by atoms with E-state index in [1.54, 1.807) is 0 Å². The second-order valence-corrected chi connectivity index (χ2v) is 8.21. The highest BCUT2D eigenvalue weighted by Crippen LogP contribution is 2.45. The van der Waals surface area contributed by atoms with E-state index in [0.29, 0.717) is 11.0 Å². The predicted molar refractivity (Wildman–Crippen MR) is 101 cm³/mol. The smallest absolute Gasteiger partial charge is 0.241 e. The number of carbonyl (C=O) groups excluding carboxylic acids is 1. The van der Waals surface area contributed by atoms with Crippen LogP contribution < -0.4 is 11.1 Å². The summed E-state index contributed by atoms with van der Waals surface area (Å²) in [5.41, 5.74) is 9.19. The van der Waals surface area contributed by atoms with E-state index in [4.69, 9.17) is 5.73 Å². The summed E-state index contributed by atoms with van der Waals surface area (Å²) >= 11 is 3.91. The van der Waals surface area contributed by atoms with Gasteiger partial charge in [-0.2, -0.15) is 0 Å². The van der Waals surface area contributed by atoms with Crippen LogP contribution in [0.4, 0.5) is 5.69 Å². The first kappa shape index (κ1) is 16.4. The maximum atomic E-state index is 12.3. The normalized spacial score (nSPS) is 16.2. The Morgan fingerprint density at radius 3 is 2.61 bits per heavy atom. The van der Waals surface area contributed by atoms with Crippen molar-refractivity contribution in [1.82, 2.24) is 0 Å². The van der Waals surface area contributed by atoms with Crippen molar-refractivity contribution in [3.05, 3.63) is 65.7 Å². The molecule has 0 aromatic heterocycles. The van der Waals surface area contributed by atoms with Crippen LogP contribution in [0.15, 0.2) is 54.6 Å². The number of carbonyl (C=O) groups is 1. The van der Waals surface area contributed by atoms with Gasteiger partial charge in [0.05, 0.1) is 10.6 Å². The maximum Gasteiger partial charge on any atom is 0.241 e. The molecule has 1 aliphatic rings. The summed E-state index contributed by atoms with van der Waals surface area (Å²) in [6.07, 6.45) is 0.542. The van der Waals surface area contributed by atoms with Crippen LogP contribution in [0.2, 0.25) is 0 Å². The van der Waals surface area contributed by atoms with Crippen LogP contribution in [0, 0.1) is 0 Å². The fraction of sp³-hybridized carbons (Fsp3) is 0.278. The number of benzene rings is 2. The van der Waals surface area contributed by atoms with E-state index in [2.05, 4.69) is 17.4 Å². The van der Waals surface area contributed by atoms with Crippen LogP contribution in [-0.2, 0) is 11.2 Å². The highest BCUT2D eigenvalue weighted by Gasteiger charge is 2.19. The number of nitrogens with one attached hydrogen (secondary N) is 1. The van der Waals surface area contributed by atoms with E-state index < -0.39 is 6.04 Å². The van der Waals surface area contributed by atoms with Crippen molar-refractivity contribution in [3.8, 4) is 0 Å². The van der Waals surface area contributed by atoms with Crippen molar-refractivity contribution < 1.29 is 4.79 Å². The van der Waals surface area contributed by atoms with E-state index in [-0.39, 0.29) is 5.91 Å². The molecule has 1 amide bonds. The molecule has 120 valence electrons. The summed E-state index contributed by atoms with van der Waals surface area (Å²) in [7, 11) is 0. The molecule has 2 aromatic carbocycles. The number of hydrogen-bond acceptors (Lipinski definition) is 4. The summed E-state index contributed by atoms with van der Waals surface area (Å²) < 4.78 is 0.477. The average Bonchev–Trinajstić information content (AvgIpc) is 3.10. The first-order valence-electron chi connectivity index (χ1n) is 7.66. The molecule has 0 spiro atoms. The van der Waals surface area contributed by atoms with Crippen molar-refractivity contribution in [2.75, 3.05) is 16.8 Å². The van der Waals surface area contributed by atoms with Crippen molar-refractivity contribution in [2.45, 2.75) is 17.0 Å². The van der Waals surface area contributed by atoms with Crippen molar-refractivity contribution >= 4 is 35.1 Å². The Morgan fingerprint density at radius 2 is 1.87 bits per heavy atom. The fourth-order valence-electron chi connectivity index (χ4n) is 2.51. The van der Waals surface area contributed by atoms with Crippen LogP contribution in [0.5, 0.6) is 0 Å². The second kappa shape index (κ2) is 7.90. The summed E-state index contributed by atoms with van der Waals surface area (Å²) in [5.74, 6) is 2.24. The lowest BCUT2D eigenvalue weighted by molar-refractivity contribution is -0.117. The van der Waals surface area contributed by atoms with E-state index in [9.17, 15) is 4.79 Å². The molecular formula is C18H20N2OS2. The Kier molecular flexibility index (Phi) is 5.65. The molecule has 0 bridgehead atoms. The standard InChI is InChI=1S/C18H20N2OS2/c19-16(11-13-5-2-1-3-6-13)17(21)20-15-8-4-7-14(12-15)18-22-9-10-23-18/h1-8,12,16,18H,9-11,19H2,(H,20,21)/t16-/m0/s1. The topological polar surface area (TPSA) is 55.1 Å². The summed E-state index contributed by atoms with van der Waals surface area (Å²) in [6, 6.07) is 17.4. The van der Waals surface area contributed by atoms with E-state index >= 15 is 0 Å². The van der Waals surface area contributed by atoms with Crippen molar-refractivity contribution in [3.63, 3.8) is 0 Å². The zero-order valence-electron chi connectivity index (χ0n) is 12.8. The number of nitrogens with two attached hydrogens (primary N) is 1. The molecule has 1 saturated heterocycles. The number of amides is 1. The van der Waals surface area contributed by atoms with Gasteiger partial charge in [-0.05, 0) is 29.7 Å². The van der Waals surface area contributed by atoms with Gasteiger partial charge in [0.25, 0.3) is 0 Å². The van der Waals surface area contributed by atoms with Gasteiger partial charge in [0, 0.05) is 17.2 Å². The van der Waals surface area contributed by atoms with E-state index in [0.717, 1.165) is 11.3 Å². The van der Waals surface area contributed by atoms with Crippen LogP contribution in [0.25, 0.3) is 0 Å². The van der Waals surface area contributed by atoms with Gasteiger partial charge >= 0.3 is 0 Å². The van der Waals surface area contributed by atoms with Crippen LogP contribution >= 0.6 is 23.5 Å². The Hall–Kier alpha value is -1.43. The van der Waals surface area contributed by atoms with Crippen LogP contribution in [0.3, 0.4) is 0 Å². The Labute approximate surface area is 145 Å². The van der Waals surface area contributed by atoms with Gasteiger partial charge in [0.2, 0.25) is 5.91 Å². The van der Waals surface area contributed by atoms with E-state index in [1.807, 2.05) is 66.0 Å².